The normalized spacial score (nSPS) is 11.9. The Hall–Kier alpha value is -2.99. The first-order valence-electron chi connectivity index (χ1n) is 9.37. The molecule has 1 aromatic heterocycles. The third-order valence-corrected chi connectivity index (χ3v) is 4.54. The molecule has 0 aliphatic heterocycles. The van der Waals surface area contributed by atoms with Crippen molar-refractivity contribution >= 4 is 5.78 Å². The molecule has 3 rings (SSSR count). The third kappa shape index (κ3) is 5.04. The van der Waals surface area contributed by atoms with Crippen LogP contribution in [-0.4, -0.2) is 40.4 Å². The van der Waals surface area contributed by atoms with Crippen LogP contribution >= 0.6 is 0 Å². The summed E-state index contributed by atoms with van der Waals surface area (Å²) in [7, 11) is 0. The van der Waals surface area contributed by atoms with Gasteiger partial charge in [0, 0.05) is 18.6 Å². The number of Topliss-reactive ketones (excluding diaryl/α,β-unsaturated/α-hetero) is 1. The Labute approximate surface area is 165 Å². The number of ketones is 1. The lowest BCUT2D eigenvalue weighted by molar-refractivity contribution is 0.0760. The summed E-state index contributed by atoms with van der Waals surface area (Å²) in [6, 6.07) is 14.9. The molecule has 28 heavy (non-hydrogen) atoms. The van der Waals surface area contributed by atoms with Crippen molar-refractivity contribution in [2.45, 2.75) is 26.3 Å². The molecule has 0 saturated heterocycles. The lowest BCUT2D eigenvalue weighted by Crippen LogP contribution is -2.22. The van der Waals surface area contributed by atoms with E-state index in [1.54, 1.807) is 11.0 Å². The lowest BCUT2D eigenvalue weighted by atomic mass is 10.0. The van der Waals surface area contributed by atoms with Crippen LogP contribution in [0.5, 0.6) is 5.75 Å². The Bertz CT molecular complexity index is 859. The van der Waals surface area contributed by atoms with Crippen LogP contribution in [0.1, 0.15) is 33.9 Å². The summed E-state index contributed by atoms with van der Waals surface area (Å²) in [4.78, 5) is 16.8. The van der Waals surface area contributed by atoms with E-state index in [0.717, 1.165) is 16.9 Å². The van der Waals surface area contributed by atoms with E-state index >= 15 is 0 Å². The SMILES string of the molecule is Cc1cccc(C)c1OCCOCCC(C(=O)c1ccccc1)n1cncn1. The van der Waals surface area contributed by atoms with Crippen LogP contribution < -0.4 is 4.74 Å². The van der Waals surface area contributed by atoms with Crippen LogP contribution in [0, 0.1) is 13.8 Å². The minimum Gasteiger partial charge on any atom is -0.491 e. The number of carbonyl (C=O) groups excluding carboxylic acids is 1. The summed E-state index contributed by atoms with van der Waals surface area (Å²) >= 11 is 0. The van der Waals surface area contributed by atoms with Crippen LogP contribution in [0.15, 0.2) is 61.2 Å². The molecule has 6 nitrogen and oxygen atoms in total. The quantitative estimate of drug-likeness (QED) is 0.396. The zero-order chi connectivity index (χ0) is 19.8. The van der Waals surface area contributed by atoms with Crippen molar-refractivity contribution < 1.29 is 14.3 Å². The number of aryl methyl sites for hydroxylation is 2. The number of hydrogen-bond acceptors (Lipinski definition) is 5. The topological polar surface area (TPSA) is 66.2 Å². The predicted octanol–water partition coefficient (Wildman–Crippen LogP) is 3.80. The molecule has 0 saturated carbocycles. The van der Waals surface area contributed by atoms with Gasteiger partial charge in [0.05, 0.1) is 6.61 Å². The molecule has 146 valence electrons. The van der Waals surface area contributed by atoms with Crippen LogP contribution in [0.2, 0.25) is 0 Å². The van der Waals surface area contributed by atoms with Gasteiger partial charge in [-0.15, -0.1) is 0 Å². The van der Waals surface area contributed by atoms with Gasteiger partial charge in [0.1, 0.15) is 31.1 Å². The average molecular weight is 379 g/mol. The zero-order valence-corrected chi connectivity index (χ0v) is 16.2. The van der Waals surface area contributed by atoms with Gasteiger partial charge >= 0.3 is 0 Å². The number of carbonyl (C=O) groups is 1. The van der Waals surface area contributed by atoms with E-state index in [4.69, 9.17) is 9.47 Å². The second kappa shape index (κ2) is 9.80. The summed E-state index contributed by atoms with van der Waals surface area (Å²) in [5.74, 6) is 0.910. The third-order valence-electron chi connectivity index (χ3n) is 4.54. The van der Waals surface area contributed by atoms with E-state index in [9.17, 15) is 4.79 Å². The first-order chi connectivity index (χ1) is 13.7. The molecule has 1 unspecified atom stereocenters. The smallest absolute Gasteiger partial charge is 0.187 e. The van der Waals surface area contributed by atoms with E-state index in [1.807, 2.05) is 62.4 Å². The van der Waals surface area contributed by atoms with Crippen molar-refractivity contribution in [3.8, 4) is 5.75 Å². The summed E-state index contributed by atoms with van der Waals surface area (Å²) in [5, 5.41) is 4.14. The molecule has 1 heterocycles. The molecule has 0 radical (unpaired) electrons. The number of hydrogen-bond donors (Lipinski definition) is 0. The molecule has 6 heteroatoms. The molecule has 0 fully saturated rings. The fraction of sp³-hybridized carbons (Fsp3) is 0.318. The molecule has 3 aromatic rings. The van der Waals surface area contributed by atoms with Gasteiger partial charge in [-0.05, 0) is 25.0 Å². The van der Waals surface area contributed by atoms with E-state index in [2.05, 4.69) is 10.1 Å². The highest BCUT2D eigenvalue weighted by atomic mass is 16.5. The molecule has 1 atom stereocenters. The highest BCUT2D eigenvalue weighted by Crippen LogP contribution is 2.22. The Kier molecular flexibility index (Phi) is 6.92. The van der Waals surface area contributed by atoms with E-state index < -0.39 is 6.04 Å². The van der Waals surface area contributed by atoms with Gasteiger partial charge in [-0.3, -0.25) is 4.79 Å². The number of para-hydroxylation sites is 1. The summed E-state index contributed by atoms with van der Waals surface area (Å²) in [5.41, 5.74) is 2.88. The summed E-state index contributed by atoms with van der Waals surface area (Å²) in [6.45, 7) is 5.41. The maximum Gasteiger partial charge on any atom is 0.187 e. The minimum absolute atomic E-state index is 0.00138. The Morgan fingerprint density at radius 3 is 2.43 bits per heavy atom. The lowest BCUT2D eigenvalue weighted by Gasteiger charge is -2.16. The Morgan fingerprint density at radius 1 is 1.00 bits per heavy atom. The Morgan fingerprint density at radius 2 is 1.75 bits per heavy atom. The summed E-state index contributed by atoms with van der Waals surface area (Å²) < 4.78 is 13.1. The van der Waals surface area contributed by atoms with E-state index in [0.29, 0.717) is 31.8 Å². The van der Waals surface area contributed by atoms with Crippen molar-refractivity contribution in [2.75, 3.05) is 19.8 Å². The fourth-order valence-corrected chi connectivity index (χ4v) is 3.08. The maximum atomic E-state index is 12.9. The van der Waals surface area contributed by atoms with Crippen LogP contribution in [-0.2, 0) is 4.74 Å². The van der Waals surface area contributed by atoms with Gasteiger partial charge in [-0.1, -0.05) is 48.5 Å². The first-order valence-corrected chi connectivity index (χ1v) is 9.37. The van der Waals surface area contributed by atoms with Crippen molar-refractivity contribution in [1.82, 2.24) is 14.8 Å². The highest BCUT2D eigenvalue weighted by molar-refractivity contribution is 5.98. The van der Waals surface area contributed by atoms with Gasteiger partial charge in [-0.25, -0.2) is 9.67 Å². The van der Waals surface area contributed by atoms with Gasteiger partial charge in [0.15, 0.2) is 5.78 Å². The van der Waals surface area contributed by atoms with Crippen molar-refractivity contribution in [1.29, 1.82) is 0 Å². The van der Waals surface area contributed by atoms with Gasteiger partial charge < -0.3 is 9.47 Å². The number of aromatic nitrogens is 3. The van der Waals surface area contributed by atoms with Crippen LogP contribution in [0.3, 0.4) is 0 Å². The second-order valence-electron chi connectivity index (χ2n) is 6.59. The summed E-state index contributed by atoms with van der Waals surface area (Å²) in [6.07, 6.45) is 3.51. The van der Waals surface area contributed by atoms with Gasteiger partial charge in [-0.2, -0.15) is 5.10 Å². The number of nitrogens with zero attached hydrogens (tertiary/aromatic N) is 3. The van der Waals surface area contributed by atoms with Crippen molar-refractivity contribution in [2.24, 2.45) is 0 Å². The minimum atomic E-state index is -0.440. The molecular weight excluding hydrogens is 354 g/mol. The Balaban J connectivity index is 1.50. The van der Waals surface area contributed by atoms with Crippen molar-refractivity contribution in [3.63, 3.8) is 0 Å². The molecule has 0 aliphatic rings. The zero-order valence-electron chi connectivity index (χ0n) is 16.2. The molecule has 0 spiro atoms. The van der Waals surface area contributed by atoms with Crippen LogP contribution in [0.25, 0.3) is 0 Å². The van der Waals surface area contributed by atoms with Crippen molar-refractivity contribution in [3.05, 3.63) is 77.9 Å². The van der Waals surface area contributed by atoms with Gasteiger partial charge in [0.25, 0.3) is 0 Å². The largest absolute Gasteiger partial charge is 0.491 e. The molecule has 2 aromatic carbocycles. The number of benzene rings is 2. The van der Waals surface area contributed by atoms with Gasteiger partial charge in [0.2, 0.25) is 0 Å². The second-order valence-corrected chi connectivity index (χ2v) is 6.59. The molecular formula is C22H25N3O3. The highest BCUT2D eigenvalue weighted by Gasteiger charge is 2.22. The maximum absolute atomic E-state index is 12.9. The number of ether oxygens (including phenoxy) is 2. The monoisotopic (exact) mass is 379 g/mol. The number of rotatable bonds is 10. The van der Waals surface area contributed by atoms with Crippen LogP contribution in [0.4, 0.5) is 0 Å². The molecule has 0 N–H and O–H groups in total. The standard InChI is InChI=1S/C22H25N3O3/c1-17-7-6-8-18(2)22(17)28-14-13-27-12-11-20(25-16-23-15-24-25)21(26)19-9-4-3-5-10-19/h3-10,15-16,20H,11-14H2,1-2H3. The molecule has 0 aliphatic carbocycles. The molecule has 0 amide bonds. The average Bonchev–Trinajstić information content (AvgIpc) is 3.24. The molecule has 0 bridgehead atoms. The predicted molar refractivity (Wildman–Crippen MR) is 107 cm³/mol. The first kappa shape index (κ1) is 19.8. The van der Waals surface area contributed by atoms with E-state index in [1.165, 1.54) is 6.33 Å². The fourth-order valence-electron chi connectivity index (χ4n) is 3.08. The van der Waals surface area contributed by atoms with E-state index in [-0.39, 0.29) is 5.78 Å².